The van der Waals surface area contributed by atoms with E-state index >= 15 is 0 Å². The first-order chi connectivity index (χ1) is 8.79. The van der Waals surface area contributed by atoms with Crippen LogP contribution in [-0.2, 0) is 0 Å². The third kappa shape index (κ3) is 4.83. The Morgan fingerprint density at radius 2 is 2.28 bits per heavy atom. The summed E-state index contributed by atoms with van der Waals surface area (Å²) in [5.41, 5.74) is 1.39. The van der Waals surface area contributed by atoms with Gasteiger partial charge < -0.3 is 5.32 Å². The molecular weight excluding hydrogens is 262 g/mol. The Hall–Kier alpha value is -0.180. The lowest BCUT2D eigenvalue weighted by atomic mass is 9.94. The van der Waals surface area contributed by atoms with Crippen LogP contribution in [0.25, 0.3) is 0 Å². The highest BCUT2D eigenvalue weighted by molar-refractivity contribution is 7.98. The predicted molar refractivity (Wildman–Crippen MR) is 82.8 cm³/mol. The van der Waals surface area contributed by atoms with Gasteiger partial charge in [-0.25, -0.2) is 0 Å². The molecule has 1 aromatic rings. The van der Waals surface area contributed by atoms with Crippen LogP contribution in [-0.4, -0.2) is 24.6 Å². The Labute approximate surface area is 120 Å². The zero-order chi connectivity index (χ0) is 12.8. The molecule has 1 aromatic carbocycles. The van der Waals surface area contributed by atoms with Crippen molar-refractivity contribution in [3.05, 3.63) is 34.9 Å². The standard InChI is InChI=1S/C15H22ClNS/c1-18-9-3-5-13(11-17-15-7-8-15)12-4-2-6-14(16)10-12/h2,4,6,10,13,15,17H,3,5,7-9,11H2,1H3. The Kier molecular flexibility index (Phi) is 5.87. The zero-order valence-corrected chi connectivity index (χ0v) is 12.6. The third-order valence-electron chi connectivity index (χ3n) is 3.45. The second-order valence-corrected chi connectivity index (χ2v) is 6.49. The fourth-order valence-electron chi connectivity index (χ4n) is 2.22. The number of rotatable bonds is 8. The molecule has 1 saturated carbocycles. The van der Waals surface area contributed by atoms with E-state index in [-0.39, 0.29) is 0 Å². The van der Waals surface area contributed by atoms with Crippen molar-refractivity contribution in [2.75, 3.05) is 18.6 Å². The van der Waals surface area contributed by atoms with Gasteiger partial charge in [0.25, 0.3) is 0 Å². The monoisotopic (exact) mass is 283 g/mol. The number of halogens is 1. The zero-order valence-electron chi connectivity index (χ0n) is 11.0. The van der Waals surface area contributed by atoms with E-state index in [1.807, 2.05) is 17.8 Å². The first-order valence-electron chi connectivity index (χ1n) is 6.77. The molecule has 0 bridgehead atoms. The number of nitrogens with one attached hydrogen (secondary N) is 1. The van der Waals surface area contributed by atoms with E-state index in [1.165, 1.54) is 37.0 Å². The minimum atomic E-state index is 0.608. The molecule has 0 spiro atoms. The minimum Gasteiger partial charge on any atom is -0.313 e. The van der Waals surface area contributed by atoms with Gasteiger partial charge in [-0.2, -0.15) is 11.8 Å². The van der Waals surface area contributed by atoms with Crippen molar-refractivity contribution >= 4 is 23.4 Å². The summed E-state index contributed by atoms with van der Waals surface area (Å²) in [6, 6.07) is 9.14. The van der Waals surface area contributed by atoms with E-state index in [9.17, 15) is 0 Å². The maximum absolute atomic E-state index is 6.10. The van der Waals surface area contributed by atoms with Gasteiger partial charge in [0.05, 0.1) is 0 Å². The lowest BCUT2D eigenvalue weighted by molar-refractivity contribution is 0.544. The van der Waals surface area contributed by atoms with Crippen molar-refractivity contribution in [1.29, 1.82) is 0 Å². The summed E-state index contributed by atoms with van der Waals surface area (Å²) in [6.45, 7) is 1.10. The Morgan fingerprint density at radius 3 is 2.94 bits per heavy atom. The highest BCUT2D eigenvalue weighted by atomic mass is 35.5. The maximum Gasteiger partial charge on any atom is 0.0408 e. The quantitative estimate of drug-likeness (QED) is 0.713. The van der Waals surface area contributed by atoms with Gasteiger partial charge >= 0.3 is 0 Å². The van der Waals surface area contributed by atoms with Crippen molar-refractivity contribution < 1.29 is 0 Å². The van der Waals surface area contributed by atoms with Crippen LogP contribution in [0, 0.1) is 0 Å². The molecule has 1 unspecified atom stereocenters. The summed E-state index contributed by atoms with van der Waals surface area (Å²) in [6.07, 6.45) is 7.42. The van der Waals surface area contributed by atoms with Gasteiger partial charge in [-0.1, -0.05) is 23.7 Å². The fourth-order valence-corrected chi connectivity index (χ4v) is 2.87. The summed E-state index contributed by atoms with van der Waals surface area (Å²) in [7, 11) is 0. The van der Waals surface area contributed by atoms with Crippen LogP contribution in [0.1, 0.15) is 37.2 Å². The lowest BCUT2D eigenvalue weighted by Crippen LogP contribution is -2.23. The van der Waals surface area contributed by atoms with Gasteiger partial charge in [-0.15, -0.1) is 0 Å². The molecule has 0 aliphatic heterocycles. The van der Waals surface area contributed by atoms with Gasteiger partial charge in [0.2, 0.25) is 0 Å². The lowest BCUT2D eigenvalue weighted by Gasteiger charge is -2.18. The molecule has 1 nitrogen and oxygen atoms in total. The first-order valence-corrected chi connectivity index (χ1v) is 8.54. The van der Waals surface area contributed by atoms with Gasteiger partial charge in [-0.05, 0) is 61.3 Å². The average Bonchev–Trinajstić information content (AvgIpc) is 3.17. The second kappa shape index (κ2) is 7.42. The van der Waals surface area contributed by atoms with Crippen molar-refractivity contribution in [3.63, 3.8) is 0 Å². The SMILES string of the molecule is CSCCCC(CNC1CC1)c1cccc(Cl)c1. The highest BCUT2D eigenvalue weighted by Crippen LogP contribution is 2.26. The molecule has 0 radical (unpaired) electrons. The van der Waals surface area contributed by atoms with Crippen molar-refractivity contribution in [1.82, 2.24) is 5.32 Å². The Balaban J connectivity index is 1.92. The molecule has 100 valence electrons. The van der Waals surface area contributed by atoms with Crippen LogP contribution in [0.5, 0.6) is 0 Å². The van der Waals surface area contributed by atoms with Gasteiger partial charge in [0.15, 0.2) is 0 Å². The molecule has 0 amide bonds. The van der Waals surface area contributed by atoms with E-state index in [1.54, 1.807) is 0 Å². The van der Waals surface area contributed by atoms with E-state index in [2.05, 4.69) is 29.8 Å². The van der Waals surface area contributed by atoms with Gasteiger partial charge in [0, 0.05) is 17.6 Å². The predicted octanol–water partition coefficient (Wildman–Crippen LogP) is 4.32. The van der Waals surface area contributed by atoms with Crippen LogP contribution in [0.15, 0.2) is 24.3 Å². The maximum atomic E-state index is 6.10. The third-order valence-corrected chi connectivity index (χ3v) is 4.38. The second-order valence-electron chi connectivity index (χ2n) is 5.07. The van der Waals surface area contributed by atoms with Crippen molar-refractivity contribution in [2.45, 2.75) is 37.6 Å². The van der Waals surface area contributed by atoms with Crippen LogP contribution in [0.3, 0.4) is 0 Å². The molecule has 1 aliphatic rings. The summed E-state index contributed by atoms with van der Waals surface area (Å²) >= 11 is 8.03. The van der Waals surface area contributed by atoms with Gasteiger partial charge in [-0.3, -0.25) is 0 Å². The van der Waals surface area contributed by atoms with E-state index in [0.717, 1.165) is 17.6 Å². The molecule has 3 heteroatoms. The van der Waals surface area contributed by atoms with Crippen LogP contribution in [0.4, 0.5) is 0 Å². The Morgan fingerprint density at radius 1 is 1.44 bits per heavy atom. The van der Waals surface area contributed by atoms with Crippen molar-refractivity contribution in [2.24, 2.45) is 0 Å². The molecule has 1 N–H and O–H groups in total. The normalized spacial score (nSPS) is 16.8. The minimum absolute atomic E-state index is 0.608. The summed E-state index contributed by atoms with van der Waals surface area (Å²) < 4.78 is 0. The summed E-state index contributed by atoms with van der Waals surface area (Å²) in [5, 5.41) is 4.51. The largest absolute Gasteiger partial charge is 0.313 e. The van der Waals surface area contributed by atoms with Crippen molar-refractivity contribution in [3.8, 4) is 0 Å². The van der Waals surface area contributed by atoms with Crippen LogP contribution >= 0.6 is 23.4 Å². The van der Waals surface area contributed by atoms with E-state index in [4.69, 9.17) is 11.6 Å². The number of thioether (sulfide) groups is 1. The van der Waals surface area contributed by atoms with E-state index < -0.39 is 0 Å². The van der Waals surface area contributed by atoms with Crippen LogP contribution < -0.4 is 5.32 Å². The average molecular weight is 284 g/mol. The fraction of sp³-hybridized carbons (Fsp3) is 0.600. The van der Waals surface area contributed by atoms with Gasteiger partial charge in [0.1, 0.15) is 0 Å². The summed E-state index contributed by atoms with van der Waals surface area (Å²) in [5.74, 6) is 1.86. The highest BCUT2D eigenvalue weighted by Gasteiger charge is 2.22. The molecule has 0 heterocycles. The molecule has 1 atom stereocenters. The number of benzene rings is 1. The first kappa shape index (κ1) is 14.2. The molecule has 0 saturated heterocycles. The topological polar surface area (TPSA) is 12.0 Å². The smallest absolute Gasteiger partial charge is 0.0408 e. The molecular formula is C15H22ClNS. The molecule has 18 heavy (non-hydrogen) atoms. The molecule has 2 rings (SSSR count). The Bertz CT molecular complexity index is 365. The van der Waals surface area contributed by atoms with Crippen LogP contribution in [0.2, 0.25) is 5.02 Å². The number of hydrogen-bond donors (Lipinski definition) is 1. The van der Waals surface area contributed by atoms with E-state index in [0.29, 0.717) is 5.92 Å². The molecule has 1 aliphatic carbocycles. The number of hydrogen-bond acceptors (Lipinski definition) is 2. The molecule has 0 aromatic heterocycles. The molecule has 1 fully saturated rings. The summed E-state index contributed by atoms with van der Waals surface area (Å²) in [4.78, 5) is 0.